The Balaban J connectivity index is 2.60. The van der Waals surface area contributed by atoms with Crippen molar-refractivity contribution in [1.29, 1.82) is 0 Å². The summed E-state index contributed by atoms with van der Waals surface area (Å²) in [6.07, 6.45) is 5.65. The zero-order valence-corrected chi connectivity index (χ0v) is 17.5. The monoisotopic (exact) mass is 374 g/mol. The van der Waals surface area contributed by atoms with Crippen LogP contribution in [0.3, 0.4) is 0 Å². The molecule has 1 aliphatic heterocycles. The smallest absolute Gasteiger partial charge is 0.191 e. The van der Waals surface area contributed by atoms with Gasteiger partial charge in [-0.2, -0.15) is 0 Å². The molecule has 1 aliphatic rings. The highest BCUT2D eigenvalue weighted by Gasteiger charge is 2.22. The number of likely N-dealkylation sites (tertiary alicyclic amines) is 1. The number of nitrogens with zero attached hydrogens (tertiary/aromatic N) is 2. The van der Waals surface area contributed by atoms with Crippen LogP contribution in [0.5, 0.6) is 0 Å². The molecular formula is C18H38N4O2S. The van der Waals surface area contributed by atoms with Gasteiger partial charge < -0.3 is 10.6 Å². The van der Waals surface area contributed by atoms with Gasteiger partial charge >= 0.3 is 0 Å². The van der Waals surface area contributed by atoms with Gasteiger partial charge in [0.2, 0.25) is 0 Å². The van der Waals surface area contributed by atoms with Crippen molar-refractivity contribution in [3.05, 3.63) is 0 Å². The SMILES string of the molecule is CCNC(=NCC1CCCCN1CC(C)C)NC(C)CCS(C)(=O)=O. The summed E-state index contributed by atoms with van der Waals surface area (Å²) >= 11 is 0. The van der Waals surface area contributed by atoms with Crippen LogP contribution in [0.1, 0.15) is 53.4 Å². The number of guanidine groups is 1. The second kappa shape index (κ2) is 11.0. The molecule has 0 bridgehead atoms. The van der Waals surface area contributed by atoms with E-state index in [1.165, 1.54) is 32.1 Å². The van der Waals surface area contributed by atoms with Gasteiger partial charge in [-0.1, -0.05) is 20.3 Å². The van der Waals surface area contributed by atoms with Crippen molar-refractivity contribution in [2.24, 2.45) is 10.9 Å². The number of aliphatic imine (C=N–C) groups is 1. The van der Waals surface area contributed by atoms with E-state index in [0.29, 0.717) is 18.4 Å². The summed E-state index contributed by atoms with van der Waals surface area (Å²) in [5.74, 6) is 1.66. The first-order valence-corrected chi connectivity index (χ1v) is 11.7. The third-order valence-electron chi connectivity index (χ3n) is 4.46. The second-order valence-electron chi connectivity index (χ2n) is 7.72. The van der Waals surface area contributed by atoms with Crippen LogP contribution in [-0.2, 0) is 9.84 Å². The van der Waals surface area contributed by atoms with Crippen LogP contribution in [0, 0.1) is 5.92 Å². The molecule has 1 saturated heterocycles. The van der Waals surface area contributed by atoms with Crippen LogP contribution in [0.15, 0.2) is 4.99 Å². The molecule has 0 aromatic carbocycles. The first kappa shape index (κ1) is 22.2. The maximum Gasteiger partial charge on any atom is 0.191 e. The number of piperidine rings is 1. The number of hydrogen-bond acceptors (Lipinski definition) is 4. The fourth-order valence-corrected chi connectivity index (χ4v) is 3.97. The first-order chi connectivity index (χ1) is 11.7. The Labute approximate surface area is 154 Å². The summed E-state index contributed by atoms with van der Waals surface area (Å²) < 4.78 is 22.6. The normalized spacial score (nSPS) is 21.4. The number of nitrogens with one attached hydrogen (secondary N) is 2. The van der Waals surface area contributed by atoms with E-state index in [0.717, 1.165) is 25.6 Å². The van der Waals surface area contributed by atoms with Gasteiger partial charge in [0, 0.05) is 31.4 Å². The van der Waals surface area contributed by atoms with Crippen LogP contribution in [-0.4, -0.2) is 69.5 Å². The van der Waals surface area contributed by atoms with Crippen molar-refractivity contribution in [1.82, 2.24) is 15.5 Å². The van der Waals surface area contributed by atoms with E-state index in [2.05, 4.69) is 29.4 Å². The molecule has 2 atom stereocenters. The number of rotatable bonds is 9. The zero-order chi connectivity index (χ0) is 18.9. The molecule has 0 aliphatic carbocycles. The molecule has 0 aromatic rings. The highest BCUT2D eigenvalue weighted by atomic mass is 32.2. The van der Waals surface area contributed by atoms with Crippen LogP contribution < -0.4 is 10.6 Å². The van der Waals surface area contributed by atoms with Crippen molar-refractivity contribution in [2.45, 2.75) is 65.5 Å². The second-order valence-corrected chi connectivity index (χ2v) is 9.98. The largest absolute Gasteiger partial charge is 0.357 e. The summed E-state index contributed by atoms with van der Waals surface area (Å²) in [6, 6.07) is 0.587. The molecular weight excluding hydrogens is 336 g/mol. The van der Waals surface area contributed by atoms with E-state index >= 15 is 0 Å². The van der Waals surface area contributed by atoms with E-state index in [4.69, 9.17) is 4.99 Å². The molecule has 0 saturated carbocycles. The highest BCUT2D eigenvalue weighted by molar-refractivity contribution is 7.90. The van der Waals surface area contributed by atoms with E-state index < -0.39 is 9.84 Å². The van der Waals surface area contributed by atoms with Gasteiger partial charge in [-0.15, -0.1) is 0 Å². The molecule has 1 rings (SSSR count). The van der Waals surface area contributed by atoms with Gasteiger partial charge in [0.15, 0.2) is 5.96 Å². The minimum absolute atomic E-state index is 0.0747. The molecule has 148 valence electrons. The summed E-state index contributed by atoms with van der Waals surface area (Å²) in [5, 5.41) is 6.62. The molecule has 6 nitrogen and oxygen atoms in total. The van der Waals surface area contributed by atoms with Gasteiger partial charge in [-0.3, -0.25) is 9.89 Å². The summed E-state index contributed by atoms with van der Waals surface area (Å²) in [7, 11) is -2.92. The van der Waals surface area contributed by atoms with Crippen LogP contribution in [0.2, 0.25) is 0 Å². The fraction of sp³-hybridized carbons (Fsp3) is 0.944. The highest BCUT2D eigenvalue weighted by Crippen LogP contribution is 2.18. The number of sulfone groups is 1. The minimum atomic E-state index is -2.92. The standard InChI is InChI=1S/C18H38N4O2S/c1-6-19-18(21-16(4)10-12-25(5,23)24)20-13-17-9-7-8-11-22(17)14-15(2)3/h15-17H,6-14H2,1-5H3,(H2,19,20,21). The van der Waals surface area contributed by atoms with Crippen molar-refractivity contribution < 1.29 is 8.42 Å². The van der Waals surface area contributed by atoms with Gasteiger partial charge in [-0.05, 0) is 45.6 Å². The maximum absolute atomic E-state index is 11.3. The predicted molar refractivity (Wildman–Crippen MR) is 107 cm³/mol. The maximum atomic E-state index is 11.3. The lowest BCUT2D eigenvalue weighted by Crippen LogP contribution is -2.46. The molecule has 1 heterocycles. The summed E-state index contributed by atoms with van der Waals surface area (Å²) in [5.41, 5.74) is 0. The van der Waals surface area contributed by atoms with Gasteiger partial charge in [0.25, 0.3) is 0 Å². The first-order valence-electron chi connectivity index (χ1n) is 9.68. The van der Waals surface area contributed by atoms with Crippen molar-refractivity contribution in [2.75, 3.05) is 38.2 Å². The van der Waals surface area contributed by atoms with Gasteiger partial charge in [0.1, 0.15) is 9.84 Å². The Bertz CT molecular complexity index is 505. The van der Waals surface area contributed by atoms with E-state index in [1.54, 1.807) is 0 Å². The topological polar surface area (TPSA) is 73.8 Å². The van der Waals surface area contributed by atoms with E-state index in [-0.39, 0.29) is 11.8 Å². The average Bonchev–Trinajstić information content (AvgIpc) is 2.51. The Hall–Kier alpha value is -0.820. The Morgan fingerprint density at radius 1 is 1.28 bits per heavy atom. The van der Waals surface area contributed by atoms with Crippen molar-refractivity contribution in [3.8, 4) is 0 Å². The minimum Gasteiger partial charge on any atom is -0.357 e. The molecule has 25 heavy (non-hydrogen) atoms. The Morgan fingerprint density at radius 2 is 2.00 bits per heavy atom. The average molecular weight is 375 g/mol. The van der Waals surface area contributed by atoms with Crippen LogP contribution in [0.25, 0.3) is 0 Å². The van der Waals surface area contributed by atoms with Gasteiger partial charge in [-0.25, -0.2) is 8.42 Å². The molecule has 0 spiro atoms. The lowest BCUT2D eigenvalue weighted by atomic mass is 10.0. The molecule has 1 fully saturated rings. The molecule has 7 heteroatoms. The molecule has 2 N–H and O–H groups in total. The number of hydrogen-bond donors (Lipinski definition) is 2. The summed E-state index contributed by atoms with van der Waals surface area (Å²) in [4.78, 5) is 7.36. The van der Waals surface area contributed by atoms with E-state index in [9.17, 15) is 8.42 Å². The van der Waals surface area contributed by atoms with Crippen LogP contribution >= 0.6 is 0 Å². The zero-order valence-electron chi connectivity index (χ0n) is 16.7. The third-order valence-corrected chi connectivity index (χ3v) is 5.44. The summed E-state index contributed by atoms with van der Waals surface area (Å²) in [6.45, 7) is 12.5. The van der Waals surface area contributed by atoms with Crippen molar-refractivity contribution in [3.63, 3.8) is 0 Å². The quantitative estimate of drug-likeness (QED) is 0.476. The third kappa shape index (κ3) is 10.0. The molecule has 0 amide bonds. The Kier molecular flexibility index (Phi) is 9.79. The van der Waals surface area contributed by atoms with Crippen molar-refractivity contribution >= 4 is 15.8 Å². The fourth-order valence-electron chi connectivity index (χ4n) is 3.19. The molecule has 0 radical (unpaired) electrons. The Morgan fingerprint density at radius 3 is 2.60 bits per heavy atom. The van der Waals surface area contributed by atoms with Crippen LogP contribution in [0.4, 0.5) is 0 Å². The lowest BCUT2D eigenvalue weighted by Gasteiger charge is -2.36. The predicted octanol–water partition coefficient (Wildman–Crippen LogP) is 1.88. The molecule has 0 aromatic heterocycles. The lowest BCUT2D eigenvalue weighted by molar-refractivity contribution is 0.137. The van der Waals surface area contributed by atoms with Gasteiger partial charge in [0.05, 0.1) is 12.3 Å². The van der Waals surface area contributed by atoms with E-state index in [1.807, 2.05) is 13.8 Å². The molecule has 2 unspecified atom stereocenters.